The van der Waals surface area contributed by atoms with Crippen LogP contribution in [0.25, 0.3) is 21.8 Å². The van der Waals surface area contributed by atoms with E-state index >= 15 is 0 Å². The molecule has 3 aromatic rings. The summed E-state index contributed by atoms with van der Waals surface area (Å²) in [6.45, 7) is 0. The van der Waals surface area contributed by atoms with Gasteiger partial charge in [0.2, 0.25) is 0 Å². The fraction of sp³-hybridized carbons (Fsp3) is 0.455. The minimum atomic E-state index is 0.316. The summed E-state index contributed by atoms with van der Waals surface area (Å²) in [5.74, 6) is 1.82. The molecule has 2 aromatic carbocycles. The number of para-hydroxylation sites is 2. The minimum Gasteiger partial charge on any atom is -0.334 e. The second-order valence-electron chi connectivity index (χ2n) is 8.71. The molecule has 4 fully saturated rings. The largest absolute Gasteiger partial charge is 0.334 e. The second kappa shape index (κ2) is 4.46. The molecule has 1 aromatic heterocycles. The maximum absolute atomic E-state index is 4.19. The molecule has 7 rings (SSSR count). The lowest BCUT2D eigenvalue weighted by Crippen LogP contribution is -2.57. The molecule has 0 saturated heterocycles. The Kier molecular flexibility index (Phi) is 2.59. The van der Waals surface area contributed by atoms with E-state index in [0.29, 0.717) is 9.86 Å². The zero-order chi connectivity index (χ0) is 15.9. The molecular formula is C22H22BrN. The molecule has 4 saturated carbocycles. The predicted octanol–water partition coefficient (Wildman–Crippen LogP) is 6.24. The van der Waals surface area contributed by atoms with Crippen molar-refractivity contribution in [2.24, 2.45) is 11.8 Å². The van der Waals surface area contributed by atoms with E-state index in [1.807, 2.05) is 0 Å². The van der Waals surface area contributed by atoms with Crippen molar-refractivity contribution in [2.75, 3.05) is 0 Å². The number of rotatable bonds is 1. The highest BCUT2D eigenvalue weighted by Gasteiger charge is 2.58. The lowest BCUT2D eigenvalue weighted by molar-refractivity contribution is -0.0206. The number of fused-ring (bicyclic) bond motifs is 3. The highest BCUT2D eigenvalue weighted by atomic mass is 79.9. The smallest absolute Gasteiger partial charge is 0.0496 e. The Morgan fingerprint density at radius 1 is 0.792 bits per heavy atom. The van der Waals surface area contributed by atoms with Crippen LogP contribution >= 0.6 is 15.9 Å². The van der Waals surface area contributed by atoms with Gasteiger partial charge in [-0.3, -0.25) is 0 Å². The van der Waals surface area contributed by atoms with Crippen LogP contribution in [0, 0.1) is 11.8 Å². The van der Waals surface area contributed by atoms with Crippen LogP contribution < -0.4 is 0 Å². The van der Waals surface area contributed by atoms with Crippen LogP contribution in [-0.4, -0.2) is 8.89 Å². The van der Waals surface area contributed by atoms with E-state index in [0.717, 1.165) is 11.8 Å². The lowest BCUT2D eigenvalue weighted by Gasteiger charge is -2.61. The molecule has 4 bridgehead atoms. The van der Waals surface area contributed by atoms with E-state index in [-0.39, 0.29) is 0 Å². The monoisotopic (exact) mass is 379 g/mol. The van der Waals surface area contributed by atoms with E-state index in [9.17, 15) is 0 Å². The number of hydrogen-bond acceptors (Lipinski definition) is 0. The van der Waals surface area contributed by atoms with E-state index < -0.39 is 0 Å². The normalized spacial score (nSPS) is 37.5. The zero-order valence-electron chi connectivity index (χ0n) is 13.8. The molecular weight excluding hydrogens is 358 g/mol. The third-order valence-corrected chi connectivity index (χ3v) is 7.94. The Morgan fingerprint density at radius 3 is 1.88 bits per heavy atom. The van der Waals surface area contributed by atoms with Gasteiger partial charge < -0.3 is 4.57 Å². The third kappa shape index (κ3) is 1.71. The zero-order valence-corrected chi connectivity index (χ0v) is 15.4. The van der Waals surface area contributed by atoms with Crippen molar-refractivity contribution >= 4 is 37.7 Å². The molecule has 0 amide bonds. The first-order valence-electron chi connectivity index (χ1n) is 9.34. The van der Waals surface area contributed by atoms with E-state index in [2.05, 4.69) is 69.0 Å². The van der Waals surface area contributed by atoms with Gasteiger partial charge in [-0.05, 0) is 62.5 Å². The van der Waals surface area contributed by atoms with Gasteiger partial charge in [0.15, 0.2) is 0 Å². The van der Waals surface area contributed by atoms with Gasteiger partial charge in [-0.15, -0.1) is 0 Å². The third-order valence-electron chi connectivity index (χ3n) is 7.01. The molecule has 0 spiro atoms. The van der Waals surface area contributed by atoms with E-state index in [1.165, 1.54) is 60.3 Å². The Hall–Kier alpha value is -1.28. The standard InChI is InChI=1S/C22H22BrN/c23-21-10-15-9-16(11-21)13-22(12-15,14-21)24-19-7-3-1-5-17(19)18-6-2-4-8-20(18)24/h1-8,15-16H,9-14H2. The van der Waals surface area contributed by atoms with Gasteiger partial charge in [0, 0.05) is 31.7 Å². The lowest BCUT2D eigenvalue weighted by atomic mass is 9.52. The van der Waals surface area contributed by atoms with Crippen molar-refractivity contribution in [3.63, 3.8) is 0 Å². The van der Waals surface area contributed by atoms with Crippen molar-refractivity contribution in [1.82, 2.24) is 4.57 Å². The first-order valence-corrected chi connectivity index (χ1v) is 10.1. The van der Waals surface area contributed by atoms with Crippen molar-refractivity contribution < 1.29 is 0 Å². The molecule has 4 aliphatic rings. The molecule has 4 aliphatic carbocycles. The summed E-state index contributed by atoms with van der Waals surface area (Å²) in [7, 11) is 0. The predicted molar refractivity (Wildman–Crippen MR) is 104 cm³/mol. The molecule has 1 nitrogen and oxygen atoms in total. The summed E-state index contributed by atoms with van der Waals surface area (Å²) >= 11 is 4.19. The molecule has 1 heterocycles. The maximum Gasteiger partial charge on any atom is 0.0496 e. The van der Waals surface area contributed by atoms with Crippen molar-refractivity contribution in [3.8, 4) is 0 Å². The quantitative estimate of drug-likeness (QED) is 0.441. The Balaban J connectivity index is 1.69. The second-order valence-corrected chi connectivity index (χ2v) is 10.4. The molecule has 2 atom stereocenters. The number of halogens is 1. The van der Waals surface area contributed by atoms with Gasteiger partial charge in [0.1, 0.15) is 0 Å². The molecule has 2 unspecified atom stereocenters. The summed E-state index contributed by atoms with van der Waals surface area (Å²) in [5.41, 5.74) is 3.20. The Morgan fingerprint density at radius 2 is 1.33 bits per heavy atom. The van der Waals surface area contributed by atoms with Crippen LogP contribution in [-0.2, 0) is 5.54 Å². The summed E-state index contributed by atoms with van der Waals surface area (Å²) < 4.78 is 3.15. The minimum absolute atomic E-state index is 0.316. The fourth-order valence-electron chi connectivity index (χ4n) is 6.80. The van der Waals surface area contributed by atoms with Crippen LogP contribution in [0.15, 0.2) is 48.5 Å². The molecule has 2 heteroatoms. The average Bonchev–Trinajstić information content (AvgIpc) is 2.87. The molecule has 0 aliphatic heterocycles. The number of benzene rings is 2. The van der Waals surface area contributed by atoms with Crippen LogP contribution in [0.2, 0.25) is 0 Å². The van der Waals surface area contributed by atoms with Gasteiger partial charge in [-0.1, -0.05) is 52.3 Å². The number of hydrogen-bond donors (Lipinski definition) is 0. The maximum atomic E-state index is 4.19. The average molecular weight is 380 g/mol. The first-order chi connectivity index (χ1) is 11.7. The van der Waals surface area contributed by atoms with Crippen LogP contribution in [0.3, 0.4) is 0 Å². The SMILES string of the molecule is BrC12CC3CC(C1)CC(n1c4ccccc4c4ccccc41)(C3)C2. The molecule has 0 N–H and O–H groups in total. The van der Waals surface area contributed by atoms with Crippen molar-refractivity contribution in [2.45, 2.75) is 48.4 Å². The highest BCUT2D eigenvalue weighted by molar-refractivity contribution is 9.10. The van der Waals surface area contributed by atoms with E-state index in [1.54, 1.807) is 0 Å². The number of alkyl halides is 1. The summed E-state index contributed by atoms with van der Waals surface area (Å²) in [6, 6.07) is 18.1. The van der Waals surface area contributed by atoms with Gasteiger partial charge in [0.05, 0.1) is 0 Å². The Bertz CT molecular complexity index is 901. The first kappa shape index (κ1) is 13.9. The number of aromatic nitrogens is 1. The van der Waals surface area contributed by atoms with Crippen molar-refractivity contribution in [3.05, 3.63) is 48.5 Å². The van der Waals surface area contributed by atoms with E-state index in [4.69, 9.17) is 0 Å². The summed E-state index contributed by atoms with van der Waals surface area (Å²) in [6.07, 6.45) is 8.30. The van der Waals surface area contributed by atoms with Crippen LogP contribution in [0.1, 0.15) is 38.5 Å². The highest BCUT2D eigenvalue weighted by Crippen LogP contribution is 2.64. The summed E-state index contributed by atoms with van der Waals surface area (Å²) in [5, 5.41) is 2.85. The van der Waals surface area contributed by atoms with Crippen molar-refractivity contribution in [1.29, 1.82) is 0 Å². The molecule has 122 valence electrons. The number of nitrogens with zero attached hydrogens (tertiary/aromatic N) is 1. The van der Waals surface area contributed by atoms with Gasteiger partial charge in [-0.2, -0.15) is 0 Å². The van der Waals surface area contributed by atoms with Gasteiger partial charge >= 0.3 is 0 Å². The summed E-state index contributed by atoms with van der Waals surface area (Å²) in [4.78, 5) is 0. The molecule has 0 radical (unpaired) electrons. The van der Waals surface area contributed by atoms with Gasteiger partial charge in [-0.25, -0.2) is 0 Å². The molecule has 24 heavy (non-hydrogen) atoms. The Labute approximate surface area is 151 Å². The van der Waals surface area contributed by atoms with Crippen LogP contribution in [0.5, 0.6) is 0 Å². The fourth-order valence-corrected chi connectivity index (χ4v) is 8.24. The van der Waals surface area contributed by atoms with Crippen LogP contribution in [0.4, 0.5) is 0 Å². The van der Waals surface area contributed by atoms with Gasteiger partial charge in [0.25, 0.3) is 0 Å². The topological polar surface area (TPSA) is 4.93 Å².